The number of hydrogen-bond acceptors (Lipinski definition) is 1. The summed E-state index contributed by atoms with van der Waals surface area (Å²) in [5.74, 6) is 0. The molecule has 0 amide bonds. The van der Waals surface area contributed by atoms with E-state index in [1.54, 1.807) is 0 Å². The maximum absolute atomic E-state index is 2.37. The van der Waals surface area contributed by atoms with Gasteiger partial charge in [0.1, 0.15) is 0 Å². The second-order valence-electron chi connectivity index (χ2n) is 8.23. The van der Waals surface area contributed by atoms with Crippen LogP contribution in [0.1, 0.15) is 13.8 Å². The van der Waals surface area contributed by atoms with Crippen molar-refractivity contribution in [2.45, 2.75) is 13.8 Å². The van der Waals surface area contributed by atoms with E-state index in [0.717, 1.165) is 0 Å². The molecule has 2 heterocycles. The van der Waals surface area contributed by atoms with Crippen LogP contribution in [0.5, 0.6) is 0 Å². The molecule has 2 heteroatoms. The van der Waals surface area contributed by atoms with Gasteiger partial charge in [0.15, 0.2) is 0 Å². The van der Waals surface area contributed by atoms with Gasteiger partial charge in [-0.15, -0.1) is 11.3 Å². The van der Waals surface area contributed by atoms with Crippen molar-refractivity contribution in [3.8, 4) is 16.8 Å². The van der Waals surface area contributed by atoms with Crippen LogP contribution in [0.3, 0.4) is 0 Å². The van der Waals surface area contributed by atoms with E-state index in [1.807, 2.05) is 25.2 Å². The molecule has 0 atom stereocenters. The summed E-state index contributed by atoms with van der Waals surface area (Å²) in [5, 5.41) is 5.26. The molecule has 0 fully saturated rings. The number of nitrogens with zero attached hydrogens (tertiary/aromatic N) is 1. The molecule has 0 aliphatic heterocycles. The molecule has 164 valence electrons. The normalized spacial score (nSPS) is 11.2. The van der Waals surface area contributed by atoms with Gasteiger partial charge in [-0.05, 0) is 59.7 Å². The minimum Gasteiger partial charge on any atom is -0.309 e. The molecule has 0 spiro atoms. The van der Waals surface area contributed by atoms with Crippen molar-refractivity contribution in [3.05, 3.63) is 115 Å². The van der Waals surface area contributed by atoms with Gasteiger partial charge in [0.05, 0.1) is 11.0 Å². The van der Waals surface area contributed by atoms with Crippen molar-refractivity contribution in [3.63, 3.8) is 0 Å². The minimum atomic E-state index is 1.19. The average molecular weight is 456 g/mol. The van der Waals surface area contributed by atoms with Gasteiger partial charge < -0.3 is 4.57 Å². The summed E-state index contributed by atoms with van der Waals surface area (Å²) in [6, 6.07) is 41.8. The number of rotatable bonds is 2. The lowest BCUT2D eigenvalue weighted by Crippen LogP contribution is -1.92. The molecule has 0 saturated carbocycles. The third-order valence-electron chi connectivity index (χ3n) is 6.40. The van der Waals surface area contributed by atoms with Crippen molar-refractivity contribution >= 4 is 53.3 Å². The molecule has 0 aliphatic rings. The van der Waals surface area contributed by atoms with Crippen LogP contribution in [-0.2, 0) is 0 Å². The quantitative estimate of drug-likeness (QED) is 0.244. The summed E-state index contributed by atoms with van der Waals surface area (Å²) in [6.45, 7) is 4.00. The van der Waals surface area contributed by atoms with Gasteiger partial charge in [-0.2, -0.15) is 0 Å². The summed E-state index contributed by atoms with van der Waals surface area (Å²) in [7, 11) is 0. The second-order valence-corrected chi connectivity index (χ2v) is 9.31. The Labute approximate surface area is 203 Å². The number of para-hydroxylation sites is 2. The Kier molecular flexibility index (Phi) is 5.16. The maximum Gasteiger partial charge on any atom is 0.0541 e. The highest BCUT2D eigenvalue weighted by Gasteiger charge is 2.13. The third-order valence-corrected chi connectivity index (χ3v) is 7.55. The SMILES string of the molecule is CC.c1ccc(-n2c3ccccc3c3cc(-c4ccc5sc6ccccc6c5c4)ccc32)cc1. The standard InChI is InChI=1S/C30H19NS.C2H6/c1-2-8-22(9-3-1)31-27-12-6-4-10-23(27)25-18-20(14-16-28(25)31)21-15-17-30-26(19-21)24-11-5-7-13-29(24)32-30;1-2/h1-19H;1-2H3. The summed E-state index contributed by atoms with van der Waals surface area (Å²) < 4.78 is 5.06. The van der Waals surface area contributed by atoms with Gasteiger partial charge in [0.25, 0.3) is 0 Å². The zero-order chi connectivity index (χ0) is 23.1. The lowest BCUT2D eigenvalue weighted by molar-refractivity contribution is 1.18. The summed E-state index contributed by atoms with van der Waals surface area (Å²) in [4.78, 5) is 0. The average Bonchev–Trinajstić information content (AvgIpc) is 3.45. The topological polar surface area (TPSA) is 4.93 Å². The molecule has 0 radical (unpaired) electrons. The number of fused-ring (bicyclic) bond motifs is 6. The van der Waals surface area contributed by atoms with Crippen LogP contribution in [0.25, 0.3) is 58.8 Å². The number of thiophene rings is 1. The summed E-state index contributed by atoms with van der Waals surface area (Å²) >= 11 is 1.87. The highest BCUT2D eigenvalue weighted by molar-refractivity contribution is 7.25. The third kappa shape index (κ3) is 3.22. The lowest BCUT2D eigenvalue weighted by atomic mass is 10.0. The Bertz CT molecular complexity index is 1770. The zero-order valence-corrected chi connectivity index (χ0v) is 20.1. The molecule has 7 aromatic rings. The van der Waals surface area contributed by atoms with E-state index in [1.165, 1.54) is 58.8 Å². The van der Waals surface area contributed by atoms with Gasteiger partial charge in [-0.3, -0.25) is 0 Å². The molecule has 7 rings (SSSR count). The van der Waals surface area contributed by atoms with Gasteiger partial charge in [-0.1, -0.05) is 80.6 Å². The Morgan fingerprint density at radius 2 is 1.06 bits per heavy atom. The first-order valence-electron chi connectivity index (χ1n) is 11.9. The fourth-order valence-corrected chi connectivity index (χ4v) is 6.00. The smallest absolute Gasteiger partial charge is 0.0541 e. The van der Waals surface area contributed by atoms with E-state index in [4.69, 9.17) is 0 Å². The summed E-state index contributed by atoms with van der Waals surface area (Å²) in [6.07, 6.45) is 0. The molecule has 34 heavy (non-hydrogen) atoms. The molecule has 2 aromatic heterocycles. The van der Waals surface area contributed by atoms with E-state index >= 15 is 0 Å². The molecule has 0 N–H and O–H groups in total. The highest BCUT2D eigenvalue weighted by Crippen LogP contribution is 2.38. The minimum absolute atomic E-state index is 1.19. The van der Waals surface area contributed by atoms with Crippen LogP contribution < -0.4 is 0 Å². The molecular formula is C32H25NS. The van der Waals surface area contributed by atoms with Crippen molar-refractivity contribution in [2.24, 2.45) is 0 Å². The molecule has 0 bridgehead atoms. The number of benzene rings is 5. The zero-order valence-electron chi connectivity index (χ0n) is 19.3. The highest BCUT2D eigenvalue weighted by atomic mass is 32.1. The van der Waals surface area contributed by atoms with Gasteiger partial charge in [0, 0.05) is 36.6 Å². The molecule has 5 aromatic carbocycles. The van der Waals surface area contributed by atoms with Crippen LogP contribution in [0, 0.1) is 0 Å². The maximum atomic E-state index is 2.37. The molecular weight excluding hydrogens is 430 g/mol. The van der Waals surface area contributed by atoms with E-state index in [0.29, 0.717) is 0 Å². The second kappa shape index (κ2) is 8.48. The van der Waals surface area contributed by atoms with Crippen molar-refractivity contribution in [2.75, 3.05) is 0 Å². The number of aromatic nitrogens is 1. The van der Waals surface area contributed by atoms with Crippen LogP contribution in [0.2, 0.25) is 0 Å². The first kappa shape index (κ1) is 20.7. The van der Waals surface area contributed by atoms with Crippen LogP contribution in [0.4, 0.5) is 0 Å². The predicted molar refractivity (Wildman–Crippen MR) is 150 cm³/mol. The molecule has 1 nitrogen and oxygen atoms in total. The first-order valence-corrected chi connectivity index (χ1v) is 12.7. The number of hydrogen-bond donors (Lipinski definition) is 0. The molecule has 0 unspecified atom stereocenters. The lowest BCUT2D eigenvalue weighted by Gasteiger charge is -2.08. The van der Waals surface area contributed by atoms with Crippen molar-refractivity contribution < 1.29 is 0 Å². The Morgan fingerprint density at radius 3 is 1.88 bits per heavy atom. The Morgan fingerprint density at radius 1 is 0.471 bits per heavy atom. The molecule has 0 saturated heterocycles. The van der Waals surface area contributed by atoms with Crippen molar-refractivity contribution in [1.29, 1.82) is 0 Å². The van der Waals surface area contributed by atoms with Gasteiger partial charge >= 0.3 is 0 Å². The van der Waals surface area contributed by atoms with E-state index in [9.17, 15) is 0 Å². The van der Waals surface area contributed by atoms with Crippen LogP contribution in [-0.4, -0.2) is 4.57 Å². The van der Waals surface area contributed by atoms with Gasteiger partial charge in [0.2, 0.25) is 0 Å². The Hall–Kier alpha value is -3.88. The monoisotopic (exact) mass is 455 g/mol. The summed E-state index contributed by atoms with van der Waals surface area (Å²) in [5.41, 5.74) is 6.19. The first-order chi connectivity index (χ1) is 16.9. The van der Waals surface area contributed by atoms with Crippen LogP contribution in [0.15, 0.2) is 115 Å². The van der Waals surface area contributed by atoms with E-state index in [-0.39, 0.29) is 0 Å². The molecule has 0 aliphatic carbocycles. The predicted octanol–water partition coefficient (Wildman–Crippen LogP) is 9.84. The van der Waals surface area contributed by atoms with Gasteiger partial charge in [-0.25, -0.2) is 0 Å². The Balaban J connectivity index is 0.00000106. The van der Waals surface area contributed by atoms with E-state index < -0.39 is 0 Å². The van der Waals surface area contributed by atoms with E-state index in [2.05, 4.69) is 120 Å². The van der Waals surface area contributed by atoms with Crippen LogP contribution >= 0.6 is 11.3 Å². The van der Waals surface area contributed by atoms with Crippen molar-refractivity contribution in [1.82, 2.24) is 4.57 Å². The fourth-order valence-electron chi connectivity index (χ4n) is 4.91. The fraction of sp³-hybridized carbons (Fsp3) is 0.0625. The largest absolute Gasteiger partial charge is 0.309 e.